The third-order valence-electron chi connectivity index (χ3n) is 9.25. The van der Waals surface area contributed by atoms with Gasteiger partial charge in [-0.3, -0.25) is 19.2 Å². The molecule has 0 spiro atoms. The van der Waals surface area contributed by atoms with Gasteiger partial charge in [0, 0.05) is 37.1 Å². The van der Waals surface area contributed by atoms with E-state index in [0.717, 1.165) is 58.2 Å². The SMILES string of the molecule is NCCCCCC(=O)CCCC(=O)C1CCC(C(=O)O)CC1.NCCCCCOC=O.O=C([O-])C1CCC(C(=O)[O-])CC1.[NH3+]CCCCCC[NH3+]. The van der Waals surface area contributed by atoms with Gasteiger partial charge in [0.2, 0.25) is 0 Å². The van der Waals surface area contributed by atoms with Crippen molar-refractivity contribution in [2.75, 3.05) is 32.8 Å². The topological polar surface area (TPSA) is 285 Å². The summed E-state index contributed by atoms with van der Waals surface area (Å²) in [4.78, 5) is 64.9. The number of carbonyl (C=O) groups is 6. The molecule has 2 saturated carbocycles. The zero-order chi connectivity index (χ0) is 38.7. The summed E-state index contributed by atoms with van der Waals surface area (Å²) in [6.07, 6.45) is 17.5. The summed E-state index contributed by atoms with van der Waals surface area (Å²) in [5.41, 5.74) is 18.2. The van der Waals surface area contributed by atoms with Crippen LogP contribution >= 0.6 is 0 Å². The second kappa shape index (κ2) is 35.5. The van der Waals surface area contributed by atoms with Gasteiger partial charge in [-0.15, -0.1) is 0 Å². The number of rotatable bonds is 24. The molecule has 11 N–H and O–H groups in total. The molecule has 51 heavy (non-hydrogen) atoms. The van der Waals surface area contributed by atoms with Gasteiger partial charge < -0.3 is 52.6 Å². The van der Waals surface area contributed by atoms with Crippen LogP contribution in [-0.2, 0) is 33.5 Å². The second-order valence-electron chi connectivity index (χ2n) is 13.5. The molecule has 298 valence electrons. The second-order valence-corrected chi connectivity index (χ2v) is 13.5. The fourth-order valence-electron chi connectivity index (χ4n) is 5.92. The molecule has 0 heterocycles. The Bertz CT molecular complexity index is 893. The number of ether oxygens (including phenoxy) is 1. The summed E-state index contributed by atoms with van der Waals surface area (Å²) in [6.45, 7) is 4.59. The van der Waals surface area contributed by atoms with E-state index >= 15 is 0 Å². The summed E-state index contributed by atoms with van der Waals surface area (Å²) >= 11 is 0. The van der Waals surface area contributed by atoms with Gasteiger partial charge in [-0.1, -0.05) is 6.42 Å². The molecule has 0 saturated heterocycles. The molecular weight excluding hydrogens is 660 g/mol. The van der Waals surface area contributed by atoms with Gasteiger partial charge in [0.25, 0.3) is 6.47 Å². The monoisotopic (exact) mass is 731 g/mol. The van der Waals surface area contributed by atoms with E-state index in [1.54, 1.807) is 0 Å². The first kappa shape index (κ1) is 50.2. The van der Waals surface area contributed by atoms with Crippen LogP contribution in [0.1, 0.15) is 141 Å². The third-order valence-corrected chi connectivity index (χ3v) is 9.25. The van der Waals surface area contributed by atoms with E-state index in [1.165, 1.54) is 25.7 Å². The van der Waals surface area contributed by atoms with Crippen LogP contribution in [0, 0.1) is 23.7 Å². The molecule has 0 amide bonds. The largest absolute Gasteiger partial charge is 0.550 e. The van der Waals surface area contributed by atoms with Gasteiger partial charge in [0.05, 0.1) is 25.6 Å². The number of carbonyl (C=O) groups excluding carboxylic acids is 5. The van der Waals surface area contributed by atoms with Crippen molar-refractivity contribution in [2.45, 2.75) is 141 Å². The van der Waals surface area contributed by atoms with Crippen molar-refractivity contribution < 1.29 is 60.3 Å². The number of unbranched alkanes of at least 4 members (excludes halogenated alkanes) is 7. The fourth-order valence-corrected chi connectivity index (χ4v) is 5.92. The van der Waals surface area contributed by atoms with Crippen LogP contribution in [0.2, 0.25) is 0 Å². The molecule has 0 aliphatic heterocycles. The smallest absolute Gasteiger partial charge is 0.306 e. The highest BCUT2D eigenvalue weighted by Crippen LogP contribution is 2.30. The summed E-state index contributed by atoms with van der Waals surface area (Å²) in [5, 5.41) is 29.7. The summed E-state index contributed by atoms with van der Waals surface area (Å²) in [5.74, 6) is -3.61. The third kappa shape index (κ3) is 30.4. The lowest BCUT2D eigenvalue weighted by atomic mass is 9.79. The van der Waals surface area contributed by atoms with Gasteiger partial charge >= 0.3 is 5.97 Å². The van der Waals surface area contributed by atoms with Crippen LogP contribution in [0.4, 0.5) is 0 Å². The number of quaternary nitrogens is 2. The molecule has 2 rings (SSSR count). The van der Waals surface area contributed by atoms with E-state index in [9.17, 15) is 39.0 Å². The van der Waals surface area contributed by atoms with E-state index in [2.05, 4.69) is 16.2 Å². The zero-order valence-electron chi connectivity index (χ0n) is 31.2. The predicted molar refractivity (Wildman–Crippen MR) is 189 cm³/mol. The van der Waals surface area contributed by atoms with Crippen molar-refractivity contribution in [2.24, 2.45) is 35.1 Å². The lowest BCUT2D eigenvalue weighted by molar-refractivity contribution is -0.371. The number of carboxylic acids is 3. The first-order valence-electron chi connectivity index (χ1n) is 19.2. The number of hydrogen-bond acceptors (Lipinski definition) is 11. The molecule has 2 aliphatic rings. The minimum atomic E-state index is -1.06. The van der Waals surface area contributed by atoms with E-state index in [-0.39, 0.29) is 23.4 Å². The molecule has 0 atom stereocenters. The van der Waals surface area contributed by atoms with Crippen LogP contribution < -0.4 is 33.1 Å². The average molecular weight is 731 g/mol. The molecule has 0 aromatic rings. The molecule has 2 aliphatic carbocycles. The van der Waals surface area contributed by atoms with Crippen LogP contribution in [0.25, 0.3) is 0 Å². The first-order chi connectivity index (χ1) is 24.5. The van der Waals surface area contributed by atoms with Crippen molar-refractivity contribution in [3.63, 3.8) is 0 Å². The van der Waals surface area contributed by atoms with Crippen LogP contribution in [0.15, 0.2) is 0 Å². The molecule has 0 aromatic carbocycles. The Balaban J connectivity index is 0. The zero-order valence-corrected chi connectivity index (χ0v) is 31.2. The first-order valence-corrected chi connectivity index (χ1v) is 19.2. The molecule has 0 aromatic heterocycles. The Morgan fingerprint density at radius 2 is 1.00 bits per heavy atom. The van der Waals surface area contributed by atoms with Crippen molar-refractivity contribution in [3.05, 3.63) is 0 Å². The van der Waals surface area contributed by atoms with Gasteiger partial charge in [-0.2, -0.15) is 0 Å². The van der Waals surface area contributed by atoms with Gasteiger partial charge in [0.1, 0.15) is 11.6 Å². The molecule has 0 unspecified atom stereocenters. The fraction of sp³-hybridized carbons (Fsp3) is 0.838. The molecule has 2 fully saturated rings. The van der Waals surface area contributed by atoms with Crippen LogP contribution in [0.5, 0.6) is 0 Å². The highest BCUT2D eigenvalue weighted by Gasteiger charge is 2.29. The van der Waals surface area contributed by atoms with E-state index in [4.69, 9.17) is 16.6 Å². The minimum Gasteiger partial charge on any atom is -0.550 e. The molecule has 0 radical (unpaired) electrons. The number of aliphatic carboxylic acids is 3. The lowest BCUT2D eigenvalue weighted by Gasteiger charge is -2.29. The molecule has 14 nitrogen and oxygen atoms in total. The van der Waals surface area contributed by atoms with E-state index in [0.29, 0.717) is 96.7 Å². The minimum absolute atomic E-state index is 0.00950. The highest BCUT2D eigenvalue weighted by molar-refractivity contribution is 5.83. The maximum Gasteiger partial charge on any atom is 0.306 e. The number of ketones is 2. The van der Waals surface area contributed by atoms with E-state index in [1.807, 2.05) is 0 Å². The maximum absolute atomic E-state index is 12.1. The summed E-state index contributed by atoms with van der Waals surface area (Å²) in [6, 6.07) is 0. The van der Waals surface area contributed by atoms with Gasteiger partial charge in [-0.05, 0) is 141 Å². The van der Waals surface area contributed by atoms with Crippen LogP contribution in [-0.4, -0.2) is 73.8 Å². The highest BCUT2D eigenvalue weighted by atomic mass is 16.5. The summed E-state index contributed by atoms with van der Waals surface area (Å²) in [7, 11) is 0. The Hall–Kier alpha value is -2.94. The Kier molecular flexibility index (Phi) is 34.9. The van der Waals surface area contributed by atoms with Gasteiger partial charge in [0.15, 0.2) is 0 Å². The van der Waals surface area contributed by atoms with E-state index < -0.39 is 29.7 Å². The quantitative estimate of drug-likeness (QED) is 0.0663. The summed E-state index contributed by atoms with van der Waals surface area (Å²) < 4.78 is 4.46. The number of carboxylic acid groups (broad SMARTS) is 3. The average Bonchev–Trinajstić information content (AvgIpc) is 3.13. The lowest BCUT2D eigenvalue weighted by Crippen LogP contribution is -2.50. The van der Waals surface area contributed by atoms with Crippen molar-refractivity contribution in [1.82, 2.24) is 0 Å². The maximum atomic E-state index is 12.1. The number of Topliss-reactive ketones (excluding diaryl/α,β-unsaturated/α-hetero) is 2. The number of nitrogens with two attached hydrogens (primary N) is 2. The molecular formula is C37H70N4O10. The molecule has 0 bridgehead atoms. The standard InChI is InChI=1S/C17H29NO4.C8H12O4.C6H16N2.C6H13NO2/c18-12-3-1-2-5-15(19)6-4-7-16(20)13-8-10-14(11-9-13)17(21)22;9-7(10)5-1-2-6(4-3-5)8(11)12;7-5-3-1-2-4-6-8;7-4-2-1-3-5-9-6-8/h13-14H,1-12,18H2,(H,21,22);5-6H,1-4H2,(H,9,10)(H,11,12);1-8H2;6H,1-5,7H2. The molecule has 14 heteroatoms. The van der Waals surface area contributed by atoms with Crippen molar-refractivity contribution in [1.29, 1.82) is 0 Å². The van der Waals surface area contributed by atoms with Gasteiger partial charge in [-0.25, -0.2) is 0 Å². The normalized spacial score (nSPS) is 19.4. The Morgan fingerprint density at radius 1 is 0.588 bits per heavy atom. The van der Waals surface area contributed by atoms with Crippen LogP contribution in [0.3, 0.4) is 0 Å². The predicted octanol–water partition coefficient (Wildman–Crippen LogP) is 0.317. The number of hydrogen-bond donors (Lipinski definition) is 5. The Labute approximate surface area is 305 Å². The van der Waals surface area contributed by atoms with Crippen molar-refractivity contribution >= 4 is 35.9 Å². The Morgan fingerprint density at radius 3 is 1.41 bits per heavy atom. The van der Waals surface area contributed by atoms with Crippen molar-refractivity contribution in [3.8, 4) is 0 Å².